The number of benzene rings is 1. The van der Waals surface area contributed by atoms with E-state index in [0.717, 1.165) is 5.56 Å². The fraction of sp³-hybridized carbons (Fsp3) is 0.273. The minimum atomic E-state index is -3.76. The van der Waals surface area contributed by atoms with E-state index in [2.05, 4.69) is 19.7 Å². The zero-order valence-electron chi connectivity index (χ0n) is 18.8. The molecular formula is C22H23FN6O3S2. The Morgan fingerprint density at radius 1 is 1.12 bits per heavy atom. The predicted octanol–water partition coefficient (Wildman–Crippen LogP) is 4.03. The number of rotatable bonds is 7. The van der Waals surface area contributed by atoms with Gasteiger partial charge in [0, 0.05) is 17.8 Å². The summed E-state index contributed by atoms with van der Waals surface area (Å²) >= 11 is 1.40. The van der Waals surface area contributed by atoms with E-state index in [4.69, 9.17) is 0 Å². The van der Waals surface area contributed by atoms with Crippen molar-refractivity contribution in [2.75, 3.05) is 20.8 Å². The largest absolute Gasteiger partial charge is 0.330 e. The standard InChI is InChI=1S/C22H23FN6O3S2/c1-14(2)29-20-16(10-25-21(26-20)33-3)12-28(22(29)30)18-8-9-19(24-11-18)27-34(31,32)13-15-4-6-17(23)7-5-15/h4-11,14H,12-13H2,1-3H3,(H,24,27). The third-order valence-electron chi connectivity index (χ3n) is 5.10. The highest BCUT2D eigenvalue weighted by atomic mass is 32.2. The first kappa shape index (κ1) is 23.9. The van der Waals surface area contributed by atoms with Crippen LogP contribution < -0.4 is 14.5 Å². The van der Waals surface area contributed by atoms with Gasteiger partial charge in [-0.05, 0) is 49.9 Å². The van der Waals surface area contributed by atoms with E-state index < -0.39 is 15.8 Å². The van der Waals surface area contributed by atoms with Gasteiger partial charge in [0.15, 0.2) is 5.16 Å². The molecule has 1 aliphatic heterocycles. The molecule has 3 heterocycles. The van der Waals surface area contributed by atoms with Crippen LogP contribution in [0.3, 0.4) is 0 Å². The van der Waals surface area contributed by atoms with Gasteiger partial charge in [-0.25, -0.2) is 32.6 Å². The van der Waals surface area contributed by atoms with Crippen molar-refractivity contribution in [2.45, 2.75) is 37.3 Å². The van der Waals surface area contributed by atoms with Gasteiger partial charge in [0.2, 0.25) is 10.0 Å². The first-order valence-corrected chi connectivity index (χ1v) is 13.3. The minimum Gasteiger partial charge on any atom is -0.288 e. The number of urea groups is 1. The third-order valence-corrected chi connectivity index (χ3v) is 6.90. The number of carbonyl (C=O) groups excluding carboxylic acids is 1. The molecule has 0 unspecified atom stereocenters. The number of fused-ring (bicyclic) bond motifs is 1. The van der Waals surface area contributed by atoms with E-state index >= 15 is 0 Å². The number of thioether (sulfide) groups is 1. The lowest BCUT2D eigenvalue weighted by atomic mass is 10.1. The molecule has 0 saturated heterocycles. The molecule has 0 radical (unpaired) electrons. The maximum Gasteiger partial charge on any atom is 0.330 e. The highest BCUT2D eigenvalue weighted by Crippen LogP contribution is 2.32. The van der Waals surface area contributed by atoms with Crippen molar-refractivity contribution in [3.8, 4) is 0 Å². The van der Waals surface area contributed by atoms with Gasteiger partial charge in [0.1, 0.15) is 17.5 Å². The molecule has 4 rings (SSSR count). The molecule has 0 atom stereocenters. The molecule has 34 heavy (non-hydrogen) atoms. The van der Waals surface area contributed by atoms with Gasteiger partial charge in [-0.1, -0.05) is 23.9 Å². The van der Waals surface area contributed by atoms with Gasteiger partial charge in [0.05, 0.1) is 24.2 Å². The summed E-state index contributed by atoms with van der Waals surface area (Å²) in [6, 6.07) is 7.98. The number of halogens is 1. The molecule has 9 nitrogen and oxygen atoms in total. The Morgan fingerprint density at radius 2 is 1.85 bits per heavy atom. The first-order chi connectivity index (χ1) is 16.2. The Morgan fingerprint density at radius 3 is 2.47 bits per heavy atom. The smallest absolute Gasteiger partial charge is 0.288 e. The topological polar surface area (TPSA) is 108 Å². The lowest BCUT2D eigenvalue weighted by Crippen LogP contribution is -2.51. The number of pyridine rings is 1. The SMILES string of the molecule is CSc1ncc2c(n1)N(C(C)C)C(=O)N(c1ccc(NS(=O)(=O)Cc3ccc(F)cc3)nc1)C2. The summed E-state index contributed by atoms with van der Waals surface area (Å²) in [5, 5.41) is 0.588. The van der Waals surface area contributed by atoms with Crippen molar-refractivity contribution in [1.29, 1.82) is 0 Å². The zero-order valence-corrected chi connectivity index (χ0v) is 20.4. The Hall–Kier alpha value is -3.25. The number of carbonyl (C=O) groups is 1. The second-order valence-corrected chi connectivity index (χ2v) is 10.4. The fourth-order valence-corrected chi connectivity index (χ4v) is 5.01. The van der Waals surface area contributed by atoms with Crippen molar-refractivity contribution in [2.24, 2.45) is 0 Å². The highest BCUT2D eigenvalue weighted by Gasteiger charge is 2.34. The molecule has 1 aliphatic rings. The van der Waals surface area contributed by atoms with Crippen molar-refractivity contribution in [3.63, 3.8) is 0 Å². The van der Waals surface area contributed by atoms with E-state index in [1.807, 2.05) is 20.1 Å². The van der Waals surface area contributed by atoms with Gasteiger partial charge in [-0.2, -0.15) is 0 Å². The van der Waals surface area contributed by atoms with Gasteiger partial charge in [-0.15, -0.1) is 0 Å². The summed E-state index contributed by atoms with van der Waals surface area (Å²) in [5.74, 6) is -0.0499. The van der Waals surface area contributed by atoms with E-state index in [1.54, 1.807) is 22.1 Å². The van der Waals surface area contributed by atoms with Crippen LogP contribution >= 0.6 is 11.8 Å². The number of amides is 2. The van der Waals surface area contributed by atoms with Crippen LogP contribution in [0.2, 0.25) is 0 Å². The van der Waals surface area contributed by atoms with Crippen LogP contribution in [0.5, 0.6) is 0 Å². The number of hydrogen-bond acceptors (Lipinski definition) is 7. The van der Waals surface area contributed by atoms with E-state index in [9.17, 15) is 17.6 Å². The lowest BCUT2D eigenvalue weighted by molar-refractivity contribution is 0.248. The van der Waals surface area contributed by atoms with Crippen LogP contribution in [-0.4, -0.2) is 41.7 Å². The monoisotopic (exact) mass is 502 g/mol. The van der Waals surface area contributed by atoms with Crippen LogP contribution in [-0.2, 0) is 22.3 Å². The quantitative estimate of drug-likeness (QED) is 0.384. The summed E-state index contributed by atoms with van der Waals surface area (Å²) in [7, 11) is -3.76. The molecule has 0 bridgehead atoms. The van der Waals surface area contributed by atoms with Gasteiger partial charge in [-0.3, -0.25) is 14.5 Å². The molecule has 0 spiro atoms. The van der Waals surface area contributed by atoms with Crippen LogP contribution in [0.4, 0.5) is 26.5 Å². The number of sulfonamides is 1. The van der Waals surface area contributed by atoms with Gasteiger partial charge in [0.25, 0.3) is 0 Å². The lowest BCUT2D eigenvalue weighted by Gasteiger charge is -2.38. The Labute approximate surface area is 201 Å². The first-order valence-electron chi connectivity index (χ1n) is 10.4. The summed E-state index contributed by atoms with van der Waals surface area (Å²) in [6.07, 6.45) is 5.03. The molecule has 0 fully saturated rings. The minimum absolute atomic E-state index is 0.115. The number of hydrogen-bond donors (Lipinski definition) is 1. The van der Waals surface area contributed by atoms with Gasteiger partial charge >= 0.3 is 6.03 Å². The second-order valence-electron chi connectivity index (χ2n) is 7.93. The Bertz CT molecular complexity index is 1300. The van der Waals surface area contributed by atoms with Crippen LogP contribution in [0, 0.1) is 5.82 Å². The second kappa shape index (κ2) is 9.55. The number of aromatic nitrogens is 3. The molecule has 12 heteroatoms. The van der Waals surface area contributed by atoms with Crippen LogP contribution in [0.25, 0.3) is 0 Å². The van der Waals surface area contributed by atoms with Crippen LogP contribution in [0.1, 0.15) is 25.0 Å². The zero-order chi connectivity index (χ0) is 24.5. The Balaban J connectivity index is 1.54. The maximum atomic E-state index is 13.3. The maximum absolute atomic E-state index is 13.3. The molecule has 3 aromatic rings. The van der Waals surface area contributed by atoms with Crippen molar-refractivity contribution in [1.82, 2.24) is 15.0 Å². The number of nitrogens with zero attached hydrogens (tertiary/aromatic N) is 5. The number of nitrogens with one attached hydrogen (secondary N) is 1. The van der Waals surface area contributed by atoms with Gasteiger partial charge < -0.3 is 0 Å². The fourth-order valence-electron chi connectivity index (χ4n) is 3.53. The van der Waals surface area contributed by atoms with E-state index in [-0.39, 0.29) is 30.2 Å². The third kappa shape index (κ3) is 5.12. The van der Waals surface area contributed by atoms with Crippen molar-refractivity contribution in [3.05, 3.63) is 65.7 Å². The van der Waals surface area contributed by atoms with E-state index in [0.29, 0.717) is 22.2 Å². The molecule has 1 aromatic carbocycles. The predicted molar refractivity (Wildman–Crippen MR) is 130 cm³/mol. The average Bonchev–Trinajstić information content (AvgIpc) is 2.79. The summed E-state index contributed by atoms with van der Waals surface area (Å²) < 4.78 is 40.4. The molecule has 0 aliphatic carbocycles. The highest BCUT2D eigenvalue weighted by molar-refractivity contribution is 7.98. The van der Waals surface area contributed by atoms with E-state index in [1.165, 1.54) is 48.3 Å². The van der Waals surface area contributed by atoms with Crippen molar-refractivity contribution < 1.29 is 17.6 Å². The molecule has 2 amide bonds. The average molecular weight is 503 g/mol. The normalized spacial score (nSPS) is 13.9. The summed E-state index contributed by atoms with van der Waals surface area (Å²) in [4.78, 5) is 29.5. The molecule has 1 N–H and O–H groups in total. The molecule has 0 saturated carbocycles. The molecule has 2 aromatic heterocycles. The Kier molecular flexibility index (Phi) is 6.71. The van der Waals surface area contributed by atoms with Crippen molar-refractivity contribution >= 4 is 45.1 Å². The molecular weight excluding hydrogens is 479 g/mol. The summed E-state index contributed by atoms with van der Waals surface area (Å²) in [5.41, 5.74) is 1.76. The molecule has 178 valence electrons. The summed E-state index contributed by atoms with van der Waals surface area (Å²) in [6.45, 7) is 4.08. The number of anilines is 3. The van der Waals surface area contributed by atoms with Crippen LogP contribution in [0.15, 0.2) is 53.9 Å².